The Morgan fingerprint density at radius 2 is 1.95 bits per heavy atom. The van der Waals surface area contributed by atoms with Gasteiger partial charge in [0, 0.05) is 11.3 Å². The molecule has 2 aromatic rings. The van der Waals surface area contributed by atoms with E-state index in [0.717, 1.165) is 5.76 Å². The Hall–Kier alpha value is -2.40. The second kappa shape index (κ2) is 7.04. The molecule has 116 valence electrons. The maximum atomic E-state index is 12.2. The van der Waals surface area contributed by atoms with Crippen molar-refractivity contribution in [1.82, 2.24) is 0 Å². The molecule has 0 fully saturated rings. The Balaban J connectivity index is 1.96. The van der Waals surface area contributed by atoms with Crippen LogP contribution in [-0.4, -0.2) is 17.7 Å². The number of benzene rings is 1. The summed E-state index contributed by atoms with van der Waals surface area (Å²) in [7, 11) is 0. The monoisotopic (exact) mass is 301 g/mol. The highest BCUT2D eigenvalue weighted by atomic mass is 16.3. The lowest BCUT2D eigenvalue weighted by molar-refractivity contribution is -0.711. The molecule has 1 heterocycles. The summed E-state index contributed by atoms with van der Waals surface area (Å²) in [4.78, 5) is 23.6. The van der Waals surface area contributed by atoms with Crippen LogP contribution in [0.25, 0.3) is 0 Å². The number of hydrogen-bond acceptors (Lipinski definition) is 3. The first-order valence-corrected chi connectivity index (χ1v) is 7.27. The van der Waals surface area contributed by atoms with Crippen molar-refractivity contribution in [3.8, 4) is 0 Å². The minimum atomic E-state index is -0.277. The number of ketones is 1. The largest absolute Gasteiger partial charge is 0.463 e. The molecule has 2 rings (SSSR count). The van der Waals surface area contributed by atoms with E-state index in [0.29, 0.717) is 11.3 Å². The van der Waals surface area contributed by atoms with Crippen molar-refractivity contribution in [1.29, 1.82) is 0 Å². The van der Waals surface area contributed by atoms with E-state index in [9.17, 15) is 9.59 Å². The fourth-order valence-electron chi connectivity index (χ4n) is 2.24. The van der Waals surface area contributed by atoms with Gasteiger partial charge >= 0.3 is 0 Å². The SMILES string of the molecule is CC(=O)c1cccc(NC(=O)[C@@H](C)[NH2+][C@@H](C)c2ccco2)c1. The van der Waals surface area contributed by atoms with E-state index in [4.69, 9.17) is 4.42 Å². The van der Waals surface area contributed by atoms with Crippen LogP contribution in [-0.2, 0) is 4.79 Å². The van der Waals surface area contributed by atoms with Gasteiger partial charge in [0.05, 0.1) is 6.26 Å². The number of nitrogens with two attached hydrogens (primary N) is 1. The first kappa shape index (κ1) is 16.0. The van der Waals surface area contributed by atoms with Crippen molar-refractivity contribution < 1.29 is 19.3 Å². The predicted octanol–water partition coefficient (Wildman–Crippen LogP) is 2.13. The summed E-state index contributed by atoms with van der Waals surface area (Å²) >= 11 is 0. The third-order valence-corrected chi connectivity index (χ3v) is 3.52. The van der Waals surface area contributed by atoms with E-state index in [2.05, 4.69) is 5.32 Å². The summed E-state index contributed by atoms with van der Waals surface area (Å²) in [6.45, 7) is 5.32. The normalized spacial score (nSPS) is 13.4. The fraction of sp³-hybridized carbons (Fsp3) is 0.294. The lowest BCUT2D eigenvalue weighted by Crippen LogP contribution is -2.91. The fourth-order valence-corrected chi connectivity index (χ4v) is 2.24. The highest BCUT2D eigenvalue weighted by Gasteiger charge is 2.21. The molecule has 22 heavy (non-hydrogen) atoms. The molecule has 0 saturated carbocycles. The van der Waals surface area contributed by atoms with Gasteiger partial charge in [0.2, 0.25) is 0 Å². The number of Topliss-reactive ketones (excluding diaryl/α,β-unsaturated/α-hetero) is 1. The highest BCUT2D eigenvalue weighted by Crippen LogP contribution is 2.12. The second-order valence-corrected chi connectivity index (χ2v) is 5.41. The first-order valence-electron chi connectivity index (χ1n) is 7.27. The minimum Gasteiger partial charge on any atom is -0.463 e. The van der Waals surface area contributed by atoms with Crippen molar-refractivity contribution in [3.63, 3.8) is 0 Å². The molecule has 0 bridgehead atoms. The third-order valence-electron chi connectivity index (χ3n) is 3.52. The van der Waals surface area contributed by atoms with Crippen LogP contribution in [0.4, 0.5) is 5.69 Å². The van der Waals surface area contributed by atoms with E-state index < -0.39 is 0 Å². The molecular weight excluding hydrogens is 280 g/mol. The first-order chi connectivity index (χ1) is 10.5. The lowest BCUT2D eigenvalue weighted by atomic mass is 10.1. The molecule has 2 atom stereocenters. The van der Waals surface area contributed by atoms with Crippen LogP contribution in [0.1, 0.15) is 42.9 Å². The molecular formula is C17H21N2O3+. The summed E-state index contributed by atoms with van der Waals surface area (Å²) < 4.78 is 5.34. The summed E-state index contributed by atoms with van der Waals surface area (Å²) in [6.07, 6.45) is 1.62. The van der Waals surface area contributed by atoms with Gasteiger partial charge in [-0.2, -0.15) is 0 Å². The summed E-state index contributed by atoms with van der Waals surface area (Å²) in [5.74, 6) is 0.694. The zero-order valence-corrected chi connectivity index (χ0v) is 13.0. The molecule has 3 N–H and O–H groups in total. The number of furan rings is 1. The van der Waals surface area contributed by atoms with E-state index in [-0.39, 0.29) is 23.8 Å². The highest BCUT2D eigenvalue weighted by molar-refractivity contribution is 5.97. The van der Waals surface area contributed by atoms with Crippen LogP contribution in [0.15, 0.2) is 47.1 Å². The number of quaternary nitrogens is 1. The van der Waals surface area contributed by atoms with Gasteiger partial charge in [0.25, 0.3) is 5.91 Å². The van der Waals surface area contributed by atoms with Crippen LogP contribution in [0, 0.1) is 0 Å². The Labute approximate surface area is 129 Å². The summed E-state index contributed by atoms with van der Waals surface area (Å²) in [5.41, 5.74) is 1.21. The summed E-state index contributed by atoms with van der Waals surface area (Å²) in [5, 5.41) is 4.77. The Morgan fingerprint density at radius 1 is 1.18 bits per heavy atom. The van der Waals surface area contributed by atoms with Crippen molar-refractivity contribution >= 4 is 17.4 Å². The molecule has 5 heteroatoms. The van der Waals surface area contributed by atoms with Crippen molar-refractivity contribution in [3.05, 3.63) is 54.0 Å². The molecule has 0 aliphatic heterocycles. The molecule has 1 aromatic heterocycles. The van der Waals surface area contributed by atoms with Gasteiger partial charge in [-0.25, -0.2) is 0 Å². The second-order valence-electron chi connectivity index (χ2n) is 5.41. The molecule has 1 amide bonds. The number of rotatable bonds is 6. The smallest absolute Gasteiger partial charge is 0.282 e. The van der Waals surface area contributed by atoms with Gasteiger partial charge in [0.15, 0.2) is 17.6 Å². The van der Waals surface area contributed by atoms with Gasteiger partial charge in [-0.15, -0.1) is 0 Å². The molecule has 0 saturated heterocycles. The van der Waals surface area contributed by atoms with Crippen LogP contribution < -0.4 is 10.6 Å². The molecule has 1 aromatic carbocycles. The standard InChI is InChI=1S/C17H20N2O3/c1-11(16-8-5-9-22-16)18-12(2)17(21)19-15-7-4-6-14(10-15)13(3)20/h4-12,18H,1-3H3,(H,19,21)/p+1/t11-,12+/m0/s1. The van der Waals surface area contributed by atoms with E-state index in [1.54, 1.807) is 30.5 Å². The number of nitrogens with one attached hydrogen (secondary N) is 1. The maximum absolute atomic E-state index is 12.2. The lowest BCUT2D eigenvalue weighted by Gasteiger charge is -2.15. The molecule has 0 radical (unpaired) electrons. The predicted molar refractivity (Wildman–Crippen MR) is 83.6 cm³/mol. The molecule has 5 nitrogen and oxygen atoms in total. The molecule has 0 aliphatic rings. The van der Waals surface area contributed by atoms with Gasteiger partial charge < -0.3 is 15.1 Å². The van der Waals surface area contributed by atoms with Crippen molar-refractivity contribution in [2.24, 2.45) is 0 Å². The molecule has 0 unspecified atom stereocenters. The number of hydrogen-bond donors (Lipinski definition) is 2. The Kier molecular flexibility index (Phi) is 5.12. The quantitative estimate of drug-likeness (QED) is 0.803. The number of carbonyl (C=O) groups excluding carboxylic acids is 2. The van der Waals surface area contributed by atoms with Gasteiger partial charge in [0.1, 0.15) is 6.04 Å². The van der Waals surface area contributed by atoms with E-state index in [1.165, 1.54) is 6.92 Å². The summed E-state index contributed by atoms with van der Waals surface area (Å²) in [6, 6.07) is 10.4. The third kappa shape index (κ3) is 4.05. The average Bonchev–Trinajstić information content (AvgIpc) is 3.01. The van der Waals surface area contributed by atoms with Crippen LogP contribution in [0.5, 0.6) is 0 Å². The van der Waals surface area contributed by atoms with E-state index in [1.807, 2.05) is 31.3 Å². The Morgan fingerprint density at radius 3 is 2.59 bits per heavy atom. The van der Waals surface area contributed by atoms with Crippen LogP contribution in [0.3, 0.4) is 0 Å². The van der Waals surface area contributed by atoms with Gasteiger partial charge in [-0.1, -0.05) is 12.1 Å². The van der Waals surface area contributed by atoms with Gasteiger partial charge in [-0.3, -0.25) is 9.59 Å². The van der Waals surface area contributed by atoms with Crippen LogP contribution in [0.2, 0.25) is 0 Å². The average molecular weight is 301 g/mol. The number of anilines is 1. The number of amides is 1. The van der Waals surface area contributed by atoms with E-state index >= 15 is 0 Å². The molecule has 0 spiro atoms. The Bertz CT molecular complexity index is 650. The molecule has 0 aliphatic carbocycles. The zero-order valence-electron chi connectivity index (χ0n) is 13.0. The van der Waals surface area contributed by atoms with Crippen molar-refractivity contribution in [2.75, 3.05) is 5.32 Å². The van der Waals surface area contributed by atoms with Gasteiger partial charge in [-0.05, 0) is 45.0 Å². The minimum absolute atomic E-state index is 0.0258. The zero-order chi connectivity index (χ0) is 16.1. The maximum Gasteiger partial charge on any atom is 0.282 e. The number of carbonyl (C=O) groups is 2. The van der Waals surface area contributed by atoms with Crippen molar-refractivity contribution in [2.45, 2.75) is 32.9 Å². The van der Waals surface area contributed by atoms with Crippen LogP contribution >= 0.6 is 0 Å². The topological polar surface area (TPSA) is 75.9 Å².